The summed E-state index contributed by atoms with van der Waals surface area (Å²) in [6, 6.07) is 2.01. The summed E-state index contributed by atoms with van der Waals surface area (Å²) in [4.78, 5) is 13.0. The number of H-pyrrole nitrogens is 1. The fourth-order valence-electron chi connectivity index (χ4n) is 2.29. The van der Waals surface area contributed by atoms with E-state index in [1.165, 1.54) is 0 Å². The molecule has 104 valence electrons. The zero-order chi connectivity index (χ0) is 14.4. The maximum atomic E-state index is 4.41. The molecule has 4 rings (SSSR count). The summed E-state index contributed by atoms with van der Waals surface area (Å²) < 4.78 is 1.95. The fourth-order valence-corrected chi connectivity index (χ4v) is 2.29. The molecule has 0 bridgehead atoms. The molecule has 0 spiro atoms. The largest absolute Gasteiger partial charge is 0.323 e. The quantitative estimate of drug-likeness (QED) is 0.588. The zero-order valence-corrected chi connectivity index (χ0v) is 11.6. The Balaban J connectivity index is 1.76. The SMILES string of the molecule is Cc1cc2nccn2cc1Nc1ncc2c(C)[nH]nc2n1. The number of hydrogen-bond donors (Lipinski definition) is 2. The molecule has 0 aromatic carbocycles. The molecule has 0 fully saturated rings. The lowest BCUT2D eigenvalue weighted by molar-refractivity contribution is 1.05. The minimum Gasteiger partial charge on any atom is -0.323 e. The van der Waals surface area contributed by atoms with E-state index in [0.717, 1.165) is 28.0 Å². The second-order valence-corrected chi connectivity index (χ2v) is 4.97. The van der Waals surface area contributed by atoms with E-state index in [2.05, 4.69) is 30.5 Å². The van der Waals surface area contributed by atoms with Crippen LogP contribution in [0.1, 0.15) is 11.3 Å². The van der Waals surface area contributed by atoms with E-state index >= 15 is 0 Å². The van der Waals surface area contributed by atoms with E-state index < -0.39 is 0 Å². The number of rotatable bonds is 2. The Labute approximate surface area is 120 Å². The van der Waals surface area contributed by atoms with Crippen molar-refractivity contribution in [3.63, 3.8) is 0 Å². The lowest BCUT2D eigenvalue weighted by Crippen LogP contribution is -2.00. The summed E-state index contributed by atoms with van der Waals surface area (Å²) in [5, 5.41) is 11.2. The smallest absolute Gasteiger partial charge is 0.229 e. The molecule has 4 aromatic heterocycles. The number of nitrogens with one attached hydrogen (secondary N) is 2. The summed E-state index contributed by atoms with van der Waals surface area (Å²) in [7, 11) is 0. The molecule has 0 saturated carbocycles. The summed E-state index contributed by atoms with van der Waals surface area (Å²) >= 11 is 0. The van der Waals surface area contributed by atoms with E-state index in [9.17, 15) is 0 Å². The van der Waals surface area contributed by atoms with Crippen molar-refractivity contribution in [1.82, 2.24) is 29.5 Å². The first-order valence-corrected chi connectivity index (χ1v) is 6.59. The van der Waals surface area contributed by atoms with Crippen molar-refractivity contribution >= 4 is 28.3 Å². The normalized spacial score (nSPS) is 11.3. The van der Waals surface area contributed by atoms with E-state index in [1.54, 1.807) is 12.4 Å². The summed E-state index contributed by atoms with van der Waals surface area (Å²) in [6.07, 6.45) is 7.42. The molecule has 2 N–H and O–H groups in total. The number of aromatic amines is 1. The van der Waals surface area contributed by atoms with Crippen LogP contribution in [-0.4, -0.2) is 29.5 Å². The number of aryl methyl sites for hydroxylation is 2. The predicted molar refractivity (Wildman–Crippen MR) is 79.6 cm³/mol. The Morgan fingerprint density at radius 3 is 3.05 bits per heavy atom. The molecule has 4 aromatic rings. The molecular weight excluding hydrogens is 266 g/mol. The molecule has 0 radical (unpaired) electrons. The molecule has 7 nitrogen and oxygen atoms in total. The van der Waals surface area contributed by atoms with E-state index in [1.807, 2.05) is 36.7 Å². The Kier molecular flexibility index (Phi) is 2.41. The molecular formula is C14H13N7. The third kappa shape index (κ3) is 1.90. The van der Waals surface area contributed by atoms with Gasteiger partial charge in [0.15, 0.2) is 5.65 Å². The van der Waals surface area contributed by atoms with Gasteiger partial charge in [0, 0.05) is 30.5 Å². The summed E-state index contributed by atoms with van der Waals surface area (Å²) in [5.74, 6) is 0.525. The highest BCUT2D eigenvalue weighted by atomic mass is 15.2. The van der Waals surface area contributed by atoms with Gasteiger partial charge in [0.25, 0.3) is 0 Å². The molecule has 0 amide bonds. The maximum absolute atomic E-state index is 4.41. The number of pyridine rings is 1. The Morgan fingerprint density at radius 2 is 2.14 bits per heavy atom. The van der Waals surface area contributed by atoms with Crippen LogP contribution in [0.2, 0.25) is 0 Å². The predicted octanol–water partition coefficient (Wildman–Crippen LogP) is 2.36. The third-order valence-corrected chi connectivity index (χ3v) is 3.49. The minimum absolute atomic E-state index is 0.525. The van der Waals surface area contributed by atoms with Gasteiger partial charge in [0.1, 0.15) is 5.65 Å². The van der Waals surface area contributed by atoms with Gasteiger partial charge < -0.3 is 9.72 Å². The molecule has 0 saturated heterocycles. The molecule has 0 aliphatic rings. The van der Waals surface area contributed by atoms with Gasteiger partial charge in [0.2, 0.25) is 5.95 Å². The third-order valence-electron chi connectivity index (χ3n) is 3.49. The van der Waals surface area contributed by atoms with Crippen molar-refractivity contribution in [1.29, 1.82) is 0 Å². The first-order valence-electron chi connectivity index (χ1n) is 6.59. The standard InChI is InChI=1S/C14H13N7/c1-8-5-12-15-3-4-21(12)7-11(8)17-14-16-6-10-9(2)19-20-13(10)18-14/h3-7H,1-2H3,(H2,16,17,18,19,20). The first-order chi connectivity index (χ1) is 10.2. The van der Waals surface area contributed by atoms with Crippen LogP contribution in [0.3, 0.4) is 0 Å². The van der Waals surface area contributed by atoms with Crippen molar-refractivity contribution in [2.75, 3.05) is 5.32 Å². The zero-order valence-electron chi connectivity index (χ0n) is 11.6. The Morgan fingerprint density at radius 1 is 1.24 bits per heavy atom. The number of fused-ring (bicyclic) bond motifs is 2. The van der Waals surface area contributed by atoms with Crippen molar-refractivity contribution in [2.45, 2.75) is 13.8 Å². The second kappa shape index (κ2) is 4.27. The van der Waals surface area contributed by atoms with Gasteiger partial charge in [-0.2, -0.15) is 10.1 Å². The Bertz CT molecular complexity index is 950. The second-order valence-electron chi connectivity index (χ2n) is 4.97. The number of imidazole rings is 1. The Hall–Kier alpha value is -2.96. The van der Waals surface area contributed by atoms with Gasteiger partial charge in [-0.25, -0.2) is 9.97 Å². The number of nitrogens with zero attached hydrogens (tertiary/aromatic N) is 5. The van der Waals surface area contributed by atoms with Gasteiger partial charge >= 0.3 is 0 Å². The van der Waals surface area contributed by atoms with Crippen LogP contribution >= 0.6 is 0 Å². The van der Waals surface area contributed by atoms with E-state index in [0.29, 0.717) is 11.6 Å². The topological polar surface area (TPSA) is 83.8 Å². The number of anilines is 2. The van der Waals surface area contributed by atoms with E-state index in [4.69, 9.17) is 0 Å². The van der Waals surface area contributed by atoms with Crippen LogP contribution in [0, 0.1) is 13.8 Å². The molecule has 0 unspecified atom stereocenters. The van der Waals surface area contributed by atoms with Gasteiger partial charge in [-0.1, -0.05) is 0 Å². The van der Waals surface area contributed by atoms with Crippen molar-refractivity contribution < 1.29 is 0 Å². The van der Waals surface area contributed by atoms with Gasteiger partial charge in [-0.05, 0) is 25.5 Å². The number of aromatic nitrogens is 6. The van der Waals surface area contributed by atoms with Crippen molar-refractivity contribution in [3.8, 4) is 0 Å². The average molecular weight is 279 g/mol. The summed E-state index contributed by atoms with van der Waals surface area (Å²) in [5.41, 5.74) is 4.55. The van der Waals surface area contributed by atoms with Crippen LogP contribution in [-0.2, 0) is 0 Å². The fraction of sp³-hybridized carbons (Fsp3) is 0.143. The number of hydrogen-bond acceptors (Lipinski definition) is 5. The van der Waals surface area contributed by atoms with Gasteiger partial charge in [-0.15, -0.1) is 0 Å². The molecule has 21 heavy (non-hydrogen) atoms. The van der Waals surface area contributed by atoms with Crippen LogP contribution in [0.5, 0.6) is 0 Å². The van der Waals surface area contributed by atoms with Crippen molar-refractivity contribution in [2.24, 2.45) is 0 Å². The van der Waals surface area contributed by atoms with Gasteiger partial charge in [0.05, 0.1) is 11.1 Å². The highest BCUT2D eigenvalue weighted by molar-refractivity contribution is 5.78. The maximum Gasteiger partial charge on any atom is 0.229 e. The molecule has 0 aliphatic heterocycles. The molecule has 0 aliphatic carbocycles. The van der Waals surface area contributed by atoms with E-state index in [-0.39, 0.29) is 0 Å². The van der Waals surface area contributed by atoms with Crippen molar-refractivity contribution in [3.05, 3.63) is 42.1 Å². The molecule has 4 heterocycles. The highest BCUT2D eigenvalue weighted by Gasteiger charge is 2.08. The van der Waals surface area contributed by atoms with Crippen LogP contribution in [0.25, 0.3) is 16.7 Å². The highest BCUT2D eigenvalue weighted by Crippen LogP contribution is 2.21. The minimum atomic E-state index is 0.525. The summed E-state index contributed by atoms with van der Waals surface area (Å²) in [6.45, 7) is 3.97. The molecule has 7 heteroatoms. The lowest BCUT2D eigenvalue weighted by Gasteiger charge is -2.08. The van der Waals surface area contributed by atoms with Gasteiger partial charge in [-0.3, -0.25) is 5.10 Å². The first kappa shape index (κ1) is 11.8. The monoisotopic (exact) mass is 279 g/mol. The van der Waals surface area contributed by atoms with Crippen LogP contribution < -0.4 is 5.32 Å². The van der Waals surface area contributed by atoms with Crippen LogP contribution in [0.4, 0.5) is 11.6 Å². The lowest BCUT2D eigenvalue weighted by atomic mass is 10.2. The van der Waals surface area contributed by atoms with Crippen LogP contribution in [0.15, 0.2) is 30.9 Å². The average Bonchev–Trinajstić information content (AvgIpc) is 3.06. The molecule has 0 atom stereocenters.